The van der Waals surface area contributed by atoms with Crippen molar-refractivity contribution in [2.75, 3.05) is 7.11 Å². The van der Waals surface area contributed by atoms with Crippen LogP contribution >= 0.6 is 0 Å². The Bertz CT molecular complexity index is 859. The van der Waals surface area contributed by atoms with E-state index in [9.17, 15) is 0 Å². The number of hydrogen-bond acceptors (Lipinski definition) is 2. The summed E-state index contributed by atoms with van der Waals surface area (Å²) in [6, 6.07) is 11.7. The lowest BCUT2D eigenvalue weighted by atomic mass is 9.95. The second-order valence-electron chi connectivity index (χ2n) is 6.83. The number of rotatable bonds is 3. The van der Waals surface area contributed by atoms with Gasteiger partial charge in [-0.2, -0.15) is 0 Å². The Morgan fingerprint density at radius 2 is 1.92 bits per heavy atom. The SMILES string of the molecule is COc1cc(C)c(-c2ccc3c(ccn3C3CCCCC3)c2)cn1. The van der Waals surface area contributed by atoms with Gasteiger partial charge in [-0.05, 0) is 49.1 Å². The van der Waals surface area contributed by atoms with Crippen molar-refractivity contribution < 1.29 is 4.74 Å². The van der Waals surface area contributed by atoms with Crippen molar-refractivity contribution in [3.63, 3.8) is 0 Å². The largest absolute Gasteiger partial charge is 0.481 e. The molecule has 1 saturated carbocycles. The van der Waals surface area contributed by atoms with Crippen LogP contribution in [0.3, 0.4) is 0 Å². The lowest BCUT2D eigenvalue weighted by molar-refractivity contribution is 0.361. The molecule has 1 aromatic carbocycles. The van der Waals surface area contributed by atoms with E-state index in [1.807, 2.05) is 12.3 Å². The lowest BCUT2D eigenvalue weighted by Crippen LogP contribution is -2.11. The summed E-state index contributed by atoms with van der Waals surface area (Å²) >= 11 is 0. The Labute approximate surface area is 143 Å². The van der Waals surface area contributed by atoms with Crippen molar-refractivity contribution >= 4 is 10.9 Å². The maximum absolute atomic E-state index is 5.21. The summed E-state index contributed by atoms with van der Waals surface area (Å²) in [7, 11) is 1.65. The predicted molar refractivity (Wildman–Crippen MR) is 98.6 cm³/mol. The fourth-order valence-corrected chi connectivity index (χ4v) is 3.95. The normalized spacial score (nSPS) is 15.8. The van der Waals surface area contributed by atoms with Crippen molar-refractivity contribution in [2.24, 2.45) is 0 Å². The van der Waals surface area contributed by atoms with Gasteiger partial charge in [0.2, 0.25) is 5.88 Å². The monoisotopic (exact) mass is 320 g/mol. The van der Waals surface area contributed by atoms with Gasteiger partial charge < -0.3 is 9.30 Å². The molecule has 3 nitrogen and oxygen atoms in total. The van der Waals surface area contributed by atoms with Gasteiger partial charge in [0, 0.05) is 41.0 Å². The van der Waals surface area contributed by atoms with E-state index in [2.05, 4.69) is 46.9 Å². The molecule has 0 amide bonds. The number of pyridine rings is 1. The zero-order valence-corrected chi connectivity index (χ0v) is 14.5. The van der Waals surface area contributed by atoms with Crippen LogP contribution in [0.15, 0.2) is 42.7 Å². The number of benzene rings is 1. The van der Waals surface area contributed by atoms with Crippen LogP contribution in [0.1, 0.15) is 43.7 Å². The van der Waals surface area contributed by atoms with Gasteiger partial charge in [-0.15, -0.1) is 0 Å². The van der Waals surface area contributed by atoms with Crippen molar-refractivity contribution in [3.05, 3.63) is 48.3 Å². The molecule has 2 aromatic heterocycles. The predicted octanol–water partition coefficient (Wildman–Crippen LogP) is 5.53. The van der Waals surface area contributed by atoms with Gasteiger partial charge in [0.05, 0.1) is 7.11 Å². The van der Waals surface area contributed by atoms with E-state index in [-0.39, 0.29) is 0 Å². The molecule has 24 heavy (non-hydrogen) atoms. The molecule has 124 valence electrons. The first-order chi connectivity index (χ1) is 11.8. The average molecular weight is 320 g/mol. The highest BCUT2D eigenvalue weighted by Crippen LogP contribution is 2.33. The molecule has 4 rings (SSSR count). The van der Waals surface area contributed by atoms with E-state index in [0.29, 0.717) is 11.9 Å². The number of hydrogen-bond donors (Lipinski definition) is 0. The van der Waals surface area contributed by atoms with Gasteiger partial charge in [-0.25, -0.2) is 4.98 Å². The molecule has 0 saturated heterocycles. The molecule has 1 aliphatic rings. The van der Waals surface area contributed by atoms with Crippen molar-refractivity contribution in [3.8, 4) is 17.0 Å². The van der Waals surface area contributed by atoms with Gasteiger partial charge in [0.25, 0.3) is 0 Å². The van der Waals surface area contributed by atoms with Gasteiger partial charge in [-0.3, -0.25) is 0 Å². The van der Waals surface area contributed by atoms with Crippen LogP contribution in [0.2, 0.25) is 0 Å². The molecule has 0 radical (unpaired) electrons. The summed E-state index contributed by atoms with van der Waals surface area (Å²) in [6.45, 7) is 2.11. The third-order valence-corrected chi connectivity index (χ3v) is 5.29. The summed E-state index contributed by atoms with van der Waals surface area (Å²) in [5.74, 6) is 0.667. The molecule has 0 atom stereocenters. The minimum Gasteiger partial charge on any atom is -0.481 e. The molecule has 0 N–H and O–H groups in total. The Hall–Kier alpha value is -2.29. The van der Waals surface area contributed by atoms with Crippen LogP contribution in [0.25, 0.3) is 22.0 Å². The number of fused-ring (bicyclic) bond motifs is 1. The van der Waals surface area contributed by atoms with E-state index in [1.54, 1.807) is 7.11 Å². The zero-order valence-electron chi connectivity index (χ0n) is 14.5. The first-order valence-electron chi connectivity index (χ1n) is 8.88. The number of aromatic nitrogens is 2. The van der Waals surface area contributed by atoms with Crippen LogP contribution in [-0.2, 0) is 0 Å². The highest BCUT2D eigenvalue weighted by molar-refractivity contribution is 5.86. The molecule has 0 aliphatic heterocycles. The first kappa shape index (κ1) is 15.3. The second kappa shape index (κ2) is 6.31. The number of methoxy groups -OCH3 is 1. The van der Waals surface area contributed by atoms with Gasteiger partial charge in [-0.1, -0.05) is 25.3 Å². The minimum absolute atomic E-state index is 0.667. The number of aryl methyl sites for hydroxylation is 1. The van der Waals surface area contributed by atoms with Crippen LogP contribution in [0.5, 0.6) is 5.88 Å². The quantitative estimate of drug-likeness (QED) is 0.635. The molecular formula is C21H24N2O. The fourth-order valence-electron chi connectivity index (χ4n) is 3.95. The van der Waals surface area contributed by atoms with Crippen LogP contribution < -0.4 is 4.74 Å². The van der Waals surface area contributed by atoms with Crippen molar-refractivity contribution in [1.29, 1.82) is 0 Å². The van der Waals surface area contributed by atoms with E-state index in [0.717, 1.165) is 0 Å². The van der Waals surface area contributed by atoms with Crippen LogP contribution in [-0.4, -0.2) is 16.7 Å². The second-order valence-corrected chi connectivity index (χ2v) is 6.83. The van der Waals surface area contributed by atoms with E-state index in [1.165, 1.54) is 59.7 Å². The van der Waals surface area contributed by atoms with Crippen LogP contribution in [0.4, 0.5) is 0 Å². The van der Waals surface area contributed by atoms with E-state index < -0.39 is 0 Å². The standard InChI is InChI=1S/C21H24N2O/c1-15-12-21(24-2)22-14-19(15)16-8-9-20-17(13-16)10-11-23(20)18-6-4-3-5-7-18/h8-14,18H,3-7H2,1-2H3. The smallest absolute Gasteiger partial charge is 0.213 e. The van der Waals surface area contributed by atoms with Gasteiger partial charge in [0.1, 0.15) is 0 Å². The average Bonchev–Trinajstić information content (AvgIpc) is 3.05. The summed E-state index contributed by atoms with van der Waals surface area (Å²) in [6.07, 6.45) is 10.9. The fraction of sp³-hybridized carbons (Fsp3) is 0.381. The summed E-state index contributed by atoms with van der Waals surface area (Å²) < 4.78 is 7.70. The third kappa shape index (κ3) is 2.68. The Morgan fingerprint density at radius 1 is 1.08 bits per heavy atom. The molecular weight excluding hydrogens is 296 g/mol. The van der Waals surface area contributed by atoms with Crippen LogP contribution in [0, 0.1) is 6.92 Å². The molecule has 1 aliphatic carbocycles. The van der Waals surface area contributed by atoms with Crippen molar-refractivity contribution in [2.45, 2.75) is 45.1 Å². The molecule has 0 unspecified atom stereocenters. The highest BCUT2D eigenvalue weighted by atomic mass is 16.5. The zero-order chi connectivity index (χ0) is 16.5. The molecule has 1 fully saturated rings. The summed E-state index contributed by atoms with van der Waals surface area (Å²) in [4.78, 5) is 4.37. The number of ether oxygens (including phenoxy) is 1. The van der Waals surface area contributed by atoms with E-state index in [4.69, 9.17) is 4.74 Å². The maximum Gasteiger partial charge on any atom is 0.213 e. The molecule has 0 bridgehead atoms. The Kier molecular flexibility index (Phi) is 4.01. The topological polar surface area (TPSA) is 27.1 Å². The van der Waals surface area contributed by atoms with E-state index >= 15 is 0 Å². The molecule has 3 aromatic rings. The Balaban J connectivity index is 1.71. The maximum atomic E-state index is 5.21. The van der Waals surface area contributed by atoms with Gasteiger partial charge in [0.15, 0.2) is 0 Å². The van der Waals surface area contributed by atoms with Crippen molar-refractivity contribution in [1.82, 2.24) is 9.55 Å². The van der Waals surface area contributed by atoms with Gasteiger partial charge >= 0.3 is 0 Å². The molecule has 2 heterocycles. The highest BCUT2D eigenvalue weighted by Gasteiger charge is 2.17. The summed E-state index contributed by atoms with van der Waals surface area (Å²) in [5, 5.41) is 1.31. The Morgan fingerprint density at radius 3 is 2.67 bits per heavy atom. The molecule has 0 spiro atoms. The lowest BCUT2D eigenvalue weighted by Gasteiger charge is -2.24. The number of nitrogens with zero attached hydrogens (tertiary/aromatic N) is 2. The molecule has 3 heteroatoms. The third-order valence-electron chi connectivity index (χ3n) is 5.29. The minimum atomic E-state index is 0.667. The summed E-state index contributed by atoms with van der Waals surface area (Å²) in [5.41, 5.74) is 4.93. The first-order valence-corrected chi connectivity index (χ1v) is 8.88.